The van der Waals surface area contributed by atoms with Crippen molar-refractivity contribution in [3.05, 3.63) is 93.8 Å². The zero-order valence-electron chi connectivity index (χ0n) is 32.7. The van der Waals surface area contributed by atoms with E-state index < -0.39 is 29.7 Å². The van der Waals surface area contributed by atoms with E-state index in [2.05, 4.69) is 48.8 Å². The van der Waals surface area contributed by atoms with Crippen LogP contribution in [0.2, 0.25) is 5.02 Å². The second-order valence-electron chi connectivity index (χ2n) is 16.8. The van der Waals surface area contributed by atoms with Crippen LogP contribution in [-0.4, -0.2) is 122 Å². The van der Waals surface area contributed by atoms with Crippen LogP contribution in [0.25, 0.3) is 4.85 Å². The average Bonchev–Trinajstić information content (AvgIpc) is 3.66. The molecule has 5 saturated heterocycles. The molecule has 14 heteroatoms. The van der Waals surface area contributed by atoms with Crippen LogP contribution in [0.15, 0.2) is 60.7 Å². The number of piperazine rings is 1. The van der Waals surface area contributed by atoms with E-state index >= 15 is 0 Å². The molecule has 6 heterocycles. The van der Waals surface area contributed by atoms with Crippen LogP contribution in [0.3, 0.4) is 0 Å². The number of nitrogens with zero attached hydrogens (tertiary/aromatic N) is 7. The number of benzene rings is 3. The number of piperidine rings is 2. The summed E-state index contributed by atoms with van der Waals surface area (Å²) in [6.07, 6.45) is 3.25. The summed E-state index contributed by atoms with van der Waals surface area (Å²) in [7, 11) is 0. The summed E-state index contributed by atoms with van der Waals surface area (Å²) in [4.78, 5) is 80.0. The summed E-state index contributed by atoms with van der Waals surface area (Å²) in [5.41, 5.74) is 5.05. The number of likely N-dealkylation sites (tertiary alicyclic amines) is 1. The summed E-state index contributed by atoms with van der Waals surface area (Å²) < 4.78 is 0. The Morgan fingerprint density at radius 3 is 2.17 bits per heavy atom. The first kappa shape index (κ1) is 38.1. The Morgan fingerprint density at radius 1 is 0.810 bits per heavy atom. The van der Waals surface area contributed by atoms with Crippen LogP contribution < -0.4 is 20.0 Å². The van der Waals surface area contributed by atoms with E-state index in [4.69, 9.17) is 18.2 Å². The second-order valence-corrected chi connectivity index (χ2v) is 17.2. The van der Waals surface area contributed by atoms with Gasteiger partial charge in [-0.3, -0.25) is 39.1 Å². The molecule has 6 aliphatic rings. The number of carbonyl (C=O) groups is 5. The summed E-state index contributed by atoms with van der Waals surface area (Å²) in [5, 5.41) is 2.73. The zero-order valence-corrected chi connectivity index (χ0v) is 33.4. The van der Waals surface area contributed by atoms with E-state index in [9.17, 15) is 24.0 Å². The lowest BCUT2D eigenvalue weighted by Crippen LogP contribution is -2.55. The zero-order chi connectivity index (χ0) is 40.3. The lowest BCUT2D eigenvalue weighted by molar-refractivity contribution is -0.136. The van der Waals surface area contributed by atoms with E-state index in [1.165, 1.54) is 0 Å². The molecule has 13 nitrogen and oxygen atoms in total. The van der Waals surface area contributed by atoms with Crippen molar-refractivity contribution in [1.82, 2.24) is 20.0 Å². The molecule has 3 aromatic carbocycles. The number of anilines is 3. The molecule has 0 bridgehead atoms. The quantitative estimate of drug-likeness (QED) is 0.258. The largest absolute Gasteiger partial charge is 0.371 e. The number of halogens is 1. The van der Waals surface area contributed by atoms with Gasteiger partial charge in [0.25, 0.3) is 17.7 Å². The van der Waals surface area contributed by atoms with Crippen LogP contribution >= 0.6 is 11.6 Å². The summed E-state index contributed by atoms with van der Waals surface area (Å²) in [5.74, 6) is -1.38. The number of carbonyl (C=O) groups excluding carboxylic acids is 5. The molecule has 0 saturated carbocycles. The Labute approximate surface area is 343 Å². The molecule has 1 N–H and O–H groups in total. The molecule has 0 aromatic heterocycles. The van der Waals surface area contributed by atoms with Crippen LogP contribution in [0.4, 0.5) is 22.7 Å². The van der Waals surface area contributed by atoms with Gasteiger partial charge >= 0.3 is 0 Å². The maximum atomic E-state index is 13.6. The minimum atomic E-state index is -0.969. The predicted octanol–water partition coefficient (Wildman–Crippen LogP) is 5.07. The van der Waals surface area contributed by atoms with Gasteiger partial charge in [0, 0.05) is 111 Å². The monoisotopic (exact) mass is 802 g/mol. The van der Waals surface area contributed by atoms with Crippen molar-refractivity contribution >= 4 is 63.9 Å². The number of imide groups is 2. The molecule has 5 amide bonds. The van der Waals surface area contributed by atoms with Crippen LogP contribution in [-0.2, 0) is 9.59 Å². The molecule has 2 atom stereocenters. The van der Waals surface area contributed by atoms with Gasteiger partial charge in [0.2, 0.25) is 17.5 Å². The number of hydrogen-bond acceptors (Lipinski definition) is 9. The first-order valence-corrected chi connectivity index (χ1v) is 20.8. The standard InChI is InChI=1S/C44H47ClN8O5/c1-28-44(15-18-52(28)33-8-10-37(46-2)36(45)24-33)13-16-50(17-14-44)41(56)30-3-5-31(6-4-30)49-21-19-48(20-22-49)25-29-26-51(27-29)32-7-9-34-35(23-32)43(58)53(42(34)57)38-11-12-39(54)47-40(38)55/h3-10,23-24,28-29,38H,11-22,25-27H2,1H3,(H,47,54,55). The highest BCUT2D eigenvalue weighted by atomic mass is 35.5. The first-order valence-electron chi connectivity index (χ1n) is 20.4. The highest BCUT2D eigenvalue weighted by molar-refractivity contribution is 6.33. The molecular weight excluding hydrogens is 756 g/mol. The van der Waals surface area contributed by atoms with Gasteiger partial charge in [-0.05, 0) is 92.6 Å². The maximum Gasteiger partial charge on any atom is 0.262 e. The number of hydrogen-bond donors (Lipinski definition) is 1. The van der Waals surface area contributed by atoms with Gasteiger partial charge in [-0.15, -0.1) is 0 Å². The van der Waals surface area contributed by atoms with E-state index in [1.807, 2.05) is 35.2 Å². The van der Waals surface area contributed by atoms with E-state index in [0.717, 1.165) is 112 Å². The molecule has 0 radical (unpaired) electrons. The topological polar surface area (TPSA) is 121 Å². The first-order chi connectivity index (χ1) is 28.0. The summed E-state index contributed by atoms with van der Waals surface area (Å²) in [6.45, 7) is 18.5. The Hall–Kier alpha value is -5.45. The SMILES string of the molecule is [C-]#[N+]c1ccc(N2CCC3(CCN(C(=O)c4ccc(N5CCN(CC6CN(c7ccc8c(c7)C(=O)N(C7CCC(=O)NC7=O)C8=O)C6)CC5)cc4)CC3)C2C)cc1Cl. The van der Waals surface area contributed by atoms with Crippen molar-refractivity contribution in [1.29, 1.82) is 0 Å². The fourth-order valence-corrected chi connectivity index (χ4v) is 10.3. The third-order valence-corrected chi connectivity index (χ3v) is 14.1. The van der Waals surface area contributed by atoms with E-state index in [0.29, 0.717) is 33.8 Å². The fraction of sp³-hybridized carbons (Fsp3) is 0.455. The van der Waals surface area contributed by atoms with Gasteiger partial charge in [0.15, 0.2) is 0 Å². The molecule has 0 aliphatic carbocycles. The molecule has 2 unspecified atom stereocenters. The lowest BCUT2D eigenvalue weighted by atomic mass is 9.73. The third-order valence-electron chi connectivity index (χ3n) is 13.7. The van der Waals surface area contributed by atoms with Gasteiger partial charge in [-0.1, -0.05) is 17.7 Å². The number of nitrogens with one attached hydrogen (secondary N) is 1. The van der Waals surface area contributed by atoms with Crippen molar-refractivity contribution in [3.63, 3.8) is 0 Å². The fourth-order valence-electron chi connectivity index (χ4n) is 10.1. The minimum Gasteiger partial charge on any atom is -0.371 e. The highest BCUT2D eigenvalue weighted by Crippen LogP contribution is 2.47. The predicted molar refractivity (Wildman–Crippen MR) is 221 cm³/mol. The van der Waals surface area contributed by atoms with Gasteiger partial charge in [-0.2, -0.15) is 0 Å². The number of amides is 5. The molecule has 3 aromatic rings. The molecule has 300 valence electrons. The molecule has 58 heavy (non-hydrogen) atoms. The molecular formula is C44H47ClN8O5. The Balaban J connectivity index is 0.723. The van der Waals surface area contributed by atoms with E-state index in [1.54, 1.807) is 18.2 Å². The van der Waals surface area contributed by atoms with Crippen molar-refractivity contribution in [2.75, 3.05) is 80.1 Å². The van der Waals surface area contributed by atoms with Gasteiger partial charge in [0.1, 0.15) is 6.04 Å². The Bertz CT molecular complexity index is 2220. The van der Waals surface area contributed by atoms with Gasteiger partial charge in [0.05, 0.1) is 17.7 Å². The maximum absolute atomic E-state index is 13.6. The Kier molecular flexibility index (Phi) is 9.88. The van der Waals surface area contributed by atoms with Gasteiger partial charge in [-0.25, -0.2) is 4.85 Å². The average molecular weight is 803 g/mol. The van der Waals surface area contributed by atoms with Crippen molar-refractivity contribution in [2.45, 2.75) is 51.1 Å². The van der Waals surface area contributed by atoms with Crippen LogP contribution in [0.1, 0.15) is 70.1 Å². The van der Waals surface area contributed by atoms with Crippen molar-refractivity contribution in [3.8, 4) is 0 Å². The third kappa shape index (κ3) is 6.75. The second kappa shape index (κ2) is 15.1. The molecule has 6 aliphatic heterocycles. The molecule has 9 rings (SSSR count). The Morgan fingerprint density at radius 2 is 1.48 bits per heavy atom. The lowest BCUT2D eigenvalue weighted by Gasteiger charge is -2.45. The van der Waals surface area contributed by atoms with Crippen molar-refractivity contribution < 1.29 is 24.0 Å². The summed E-state index contributed by atoms with van der Waals surface area (Å²) >= 11 is 6.37. The number of fused-ring (bicyclic) bond motifs is 1. The molecule has 5 fully saturated rings. The number of rotatable bonds is 7. The van der Waals surface area contributed by atoms with Crippen LogP contribution in [0, 0.1) is 17.9 Å². The van der Waals surface area contributed by atoms with Crippen molar-refractivity contribution in [2.24, 2.45) is 11.3 Å². The van der Waals surface area contributed by atoms with Crippen LogP contribution in [0.5, 0.6) is 0 Å². The smallest absolute Gasteiger partial charge is 0.262 e. The molecule has 1 spiro atoms. The minimum absolute atomic E-state index is 0.0942. The van der Waals surface area contributed by atoms with Gasteiger partial charge < -0.3 is 19.6 Å². The normalized spacial score (nSPS) is 23.6. The highest BCUT2D eigenvalue weighted by Gasteiger charge is 2.48. The summed E-state index contributed by atoms with van der Waals surface area (Å²) in [6, 6.07) is 18.5. The van der Waals surface area contributed by atoms with E-state index in [-0.39, 0.29) is 24.2 Å².